The Bertz CT molecular complexity index is 381. The molecule has 0 aromatic carbocycles. The molecule has 5 nitrogen and oxygen atoms in total. The molecule has 2 rings (SSSR count). The summed E-state index contributed by atoms with van der Waals surface area (Å²) in [6.45, 7) is 2.24. The standard InChI is InChI=1S/C11H15N3O2/c1-16-8-10(15)14-6-5-12-7-9-3-2-4-13-11(9)14/h2-4,12H,5-8H2,1H3. The van der Waals surface area contributed by atoms with Gasteiger partial charge in [0, 0.05) is 38.5 Å². The molecule has 0 radical (unpaired) electrons. The van der Waals surface area contributed by atoms with Crippen LogP contribution >= 0.6 is 0 Å². The predicted molar refractivity (Wildman–Crippen MR) is 60.2 cm³/mol. The van der Waals surface area contributed by atoms with Crippen LogP contribution in [0, 0.1) is 0 Å². The second-order valence-electron chi connectivity index (χ2n) is 3.64. The van der Waals surface area contributed by atoms with Gasteiger partial charge in [-0.05, 0) is 6.07 Å². The lowest BCUT2D eigenvalue weighted by molar-refractivity contribution is -0.122. The molecule has 0 bridgehead atoms. The van der Waals surface area contributed by atoms with Crippen molar-refractivity contribution in [1.29, 1.82) is 0 Å². The number of carbonyl (C=O) groups is 1. The Morgan fingerprint density at radius 3 is 3.38 bits per heavy atom. The fourth-order valence-corrected chi connectivity index (χ4v) is 1.78. The zero-order chi connectivity index (χ0) is 11.4. The first-order valence-corrected chi connectivity index (χ1v) is 5.27. The molecule has 1 aliphatic heterocycles. The quantitative estimate of drug-likeness (QED) is 0.773. The Morgan fingerprint density at radius 1 is 1.69 bits per heavy atom. The average Bonchev–Trinajstić information content (AvgIpc) is 2.51. The summed E-state index contributed by atoms with van der Waals surface area (Å²) in [5, 5.41) is 3.26. The maximum Gasteiger partial charge on any atom is 0.254 e. The number of hydrogen-bond acceptors (Lipinski definition) is 4. The minimum atomic E-state index is -0.0499. The van der Waals surface area contributed by atoms with Gasteiger partial charge in [-0.15, -0.1) is 0 Å². The number of nitrogens with zero attached hydrogens (tertiary/aromatic N) is 2. The highest BCUT2D eigenvalue weighted by molar-refractivity contribution is 5.94. The van der Waals surface area contributed by atoms with Crippen molar-refractivity contribution in [3.8, 4) is 0 Å². The molecule has 0 saturated carbocycles. The minimum absolute atomic E-state index is 0.0499. The van der Waals surface area contributed by atoms with E-state index in [2.05, 4.69) is 10.3 Å². The van der Waals surface area contributed by atoms with Crippen molar-refractivity contribution in [3.63, 3.8) is 0 Å². The monoisotopic (exact) mass is 221 g/mol. The highest BCUT2D eigenvalue weighted by atomic mass is 16.5. The molecule has 1 N–H and O–H groups in total. The van der Waals surface area contributed by atoms with Crippen molar-refractivity contribution in [2.45, 2.75) is 6.54 Å². The van der Waals surface area contributed by atoms with Crippen LogP contribution in [0.5, 0.6) is 0 Å². The molecule has 0 aliphatic carbocycles. The zero-order valence-corrected chi connectivity index (χ0v) is 9.27. The van der Waals surface area contributed by atoms with Crippen LogP contribution in [0.3, 0.4) is 0 Å². The van der Waals surface area contributed by atoms with Crippen LogP contribution in [-0.2, 0) is 16.1 Å². The van der Waals surface area contributed by atoms with Crippen molar-refractivity contribution in [2.75, 3.05) is 31.7 Å². The molecular formula is C11H15N3O2. The topological polar surface area (TPSA) is 54.5 Å². The number of methoxy groups -OCH3 is 1. The first-order valence-electron chi connectivity index (χ1n) is 5.27. The van der Waals surface area contributed by atoms with Crippen LogP contribution < -0.4 is 10.2 Å². The largest absolute Gasteiger partial charge is 0.375 e. The van der Waals surface area contributed by atoms with Gasteiger partial charge in [-0.1, -0.05) is 6.07 Å². The molecule has 0 unspecified atom stereocenters. The van der Waals surface area contributed by atoms with Gasteiger partial charge >= 0.3 is 0 Å². The first kappa shape index (κ1) is 11.0. The van der Waals surface area contributed by atoms with Crippen LogP contribution in [0.2, 0.25) is 0 Å². The molecule has 86 valence electrons. The lowest BCUT2D eigenvalue weighted by atomic mass is 10.2. The van der Waals surface area contributed by atoms with Gasteiger partial charge in [-0.3, -0.25) is 9.69 Å². The van der Waals surface area contributed by atoms with E-state index in [1.54, 1.807) is 11.1 Å². The highest BCUT2D eigenvalue weighted by Gasteiger charge is 2.21. The molecule has 0 fully saturated rings. The van der Waals surface area contributed by atoms with Gasteiger partial charge in [0.05, 0.1) is 0 Å². The number of pyridine rings is 1. The second kappa shape index (κ2) is 5.05. The van der Waals surface area contributed by atoms with Gasteiger partial charge in [-0.2, -0.15) is 0 Å². The van der Waals surface area contributed by atoms with Gasteiger partial charge in [0.1, 0.15) is 12.4 Å². The number of rotatable bonds is 2. The number of fused-ring (bicyclic) bond motifs is 1. The summed E-state index contributed by atoms with van der Waals surface area (Å²) in [6.07, 6.45) is 1.71. The van der Waals surface area contributed by atoms with Gasteiger partial charge in [0.25, 0.3) is 5.91 Å². The van der Waals surface area contributed by atoms with Crippen LogP contribution in [-0.4, -0.2) is 37.7 Å². The normalized spacial score (nSPS) is 15.4. The number of amides is 1. The molecule has 1 amide bonds. The van der Waals surface area contributed by atoms with Crippen molar-refractivity contribution >= 4 is 11.7 Å². The summed E-state index contributed by atoms with van der Waals surface area (Å²) < 4.78 is 4.87. The Kier molecular flexibility index (Phi) is 3.48. The van der Waals surface area contributed by atoms with Crippen molar-refractivity contribution in [2.24, 2.45) is 0 Å². The maximum absolute atomic E-state index is 11.8. The molecule has 16 heavy (non-hydrogen) atoms. The summed E-state index contributed by atoms with van der Waals surface area (Å²) in [4.78, 5) is 17.8. The Hall–Kier alpha value is -1.46. The summed E-state index contributed by atoms with van der Waals surface area (Å²) >= 11 is 0. The van der Waals surface area contributed by atoms with Crippen molar-refractivity contribution in [1.82, 2.24) is 10.3 Å². The van der Waals surface area contributed by atoms with Crippen molar-refractivity contribution < 1.29 is 9.53 Å². The number of anilines is 1. The van der Waals surface area contributed by atoms with E-state index in [9.17, 15) is 4.79 Å². The highest BCUT2D eigenvalue weighted by Crippen LogP contribution is 2.18. The lowest BCUT2D eigenvalue weighted by Crippen LogP contribution is -2.37. The molecule has 2 heterocycles. The third-order valence-corrected chi connectivity index (χ3v) is 2.52. The van der Waals surface area contributed by atoms with E-state index < -0.39 is 0 Å². The van der Waals surface area contributed by atoms with Gasteiger partial charge in [-0.25, -0.2) is 4.98 Å². The lowest BCUT2D eigenvalue weighted by Gasteiger charge is -2.20. The summed E-state index contributed by atoms with van der Waals surface area (Å²) in [5.74, 6) is 0.695. The first-order chi connectivity index (χ1) is 7.83. The molecule has 1 aromatic heterocycles. The molecule has 0 atom stereocenters. The fraction of sp³-hybridized carbons (Fsp3) is 0.455. The maximum atomic E-state index is 11.8. The summed E-state index contributed by atoms with van der Waals surface area (Å²) in [5.41, 5.74) is 1.05. The van der Waals surface area contributed by atoms with E-state index in [0.717, 1.165) is 24.5 Å². The van der Waals surface area contributed by atoms with Crippen LogP contribution in [0.4, 0.5) is 5.82 Å². The fourth-order valence-electron chi connectivity index (χ4n) is 1.78. The van der Waals surface area contributed by atoms with E-state index >= 15 is 0 Å². The Labute approximate surface area is 94.4 Å². The Balaban J connectivity index is 2.28. The predicted octanol–water partition coefficient (Wildman–Crippen LogP) is 0.164. The van der Waals surface area contributed by atoms with E-state index in [1.165, 1.54) is 7.11 Å². The van der Waals surface area contributed by atoms with E-state index in [4.69, 9.17) is 4.74 Å². The van der Waals surface area contributed by atoms with Gasteiger partial charge < -0.3 is 10.1 Å². The molecule has 0 saturated heterocycles. The summed E-state index contributed by atoms with van der Waals surface area (Å²) in [7, 11) is 1.52. The van der Waals surface area contributed by atoms with E-state index in [0.29, 0.717) is 6.54 Å². The SMILES string of the molecule is COCC(=O)N1CCNCc2cccnc21. The minimum Gasteiger partial charge on any atom is -0.375 e. The van der Waals surface area contributed by atoms with Crippen LogP contribution in [0.25, 0.3) is 0 Å². The number of ether oxygens (including phenoxy) is 1. The van der Waals surface area contributed by atoms with E-state index in [-0.39, 0.29) is 12.5 Å². The number of nitrogens with one attached hydrogen (secondary N) is 1. The average molecular weight is 221 g/mol. The van der Waals surface area contributed by atoms with Crippen molar-refractivity contribution in [3.05, 3.63) is 23.9 Å². The third kappa shape index (κ3) is 2.20. The second-order valence-corrected chi connectivity index (χ2v) is 3.64. The molecule has 1 aromatic rings. The van der Waals surface area contributed by atoms with Gasteiger partial charge in [0.2, 0.25) is 0 Å². The zero-order valence-electron chi connectivity index (χ0n) is 9.27. The smallest absolute Gasteiger partial charge is 0.254 e. The molecule has 5 heteroatoms. The van der Waals surface area contributed by atoms with Crippen LogP contribution in [0.15, 0.2) is 18.3 Å². The Morgan fingerprint density at radius 2 is 2.56 bits per heavy atom. The molecular weight excluding hydrogens is 206 g/mol. The number of carbonyl (C=O) groups excluding carboxylic acids is 1. The molecule has 0 spiro atoms. The van der Waals surface area contributed by atoms with Gasteiger partial charge in [0.15, 0.2) is 0 Å². The summed E-state index contributed by atoms with van der Waals surface area (Å²) in [6, 6.07) is 3.86. The van der Waals surface area contributed by atoms with Crippen LogP contribution in [0.1, 0.15) is 5.56 Å². The molecule has 1 aliphatic rings. The van der Waals surface area contributed by atoms with E-state index in [1.807, 2.05) is 12.1 Å². The third-order valence-electron chi connectivity index (χ3n) is 2.52. The number of aromatic nitrogens is 1. The number of hydrogen-bond donors (Lipinski definition) is 1.